The lowest BCUT2D eigenvalue weighted by Gasteiger charge is -2.33. The van der Waals surface area contributed by atoms with Crippen molar-refractivity contribution in [3.8, 4) is 11.5 Å². The largest absolute Gasteiger partial charge is 0.455 e. The molecule has 2 aromatic carbocycles. The van der Waals surface area contributed by atoms with Crippen molar-refractivity contribution < 1.29 is 32.0 Å². The van der Waals surface area contributed by atoms with Crippen molar-refractivity contribution in [3.05, 3.63) is 48.5 Å². The van der Waals surface area contributed by atoms with Crippen LogP contribution in [0.2, 0.25) is 0 Å². The number of benzene rings is 2. The highest BCUT2D eigenvalue weighted by Gasteiger charge is 2.42. The van der Waals surface area contributed by atoms with Crippen LogP contribution in [0.1, 0.15) is 83.1 Å². The van der Waals surface area contributed by atoms with Crippen molar-refractivity contribution in [2.75, 3.05) is 0 Å². The molecule has 0 aromatic heterocycles. The second kappa shape index (κ2) is 11.0. The second-order valence-corrected chi connectivity index (χ2v) is 16.5. The lowest BCUT2D eigenvalue weighted by Crippen LogP contribution is -2.29. The highest BCUT2D eigenvalue weighted by Crippen LogP contribution is 2.57. The highest BCUT2D eigenvalue weighted by molar-refractivity contribution is 7.63. The van der Waals surface area contributed by atoms with E-state index in [1.54, 1.807) is 48.5 Å². The Hall–Kier alpha value is -1.46. The quantitative estimate of drug-likeness (QED) is 0.303. The van der Waals surface area contributed by atoms with Gasteiger partial charge < -0.3 is 4.74 Å². The number of rotatable bonds is 8. The van der Waals surface area contributed by atoms with Crippen LogP contribution in [-0.4, -0.2) is 22.4 Å². The van der Waals surface area contributed by atoms with E-state index in [9.17, 15) is 9.13 Å². The van der Waals surface area contributed by atoms with Crippen molar-refractivity contribution >= 4 is 25.8 Å². The van der Waals surface area contributed by atoms with Gasteiger partial charge in [0.1, 0.15) is 22.1 Å². The van der Waals surface area contributed by atoms with Crippen molar-refractivity contribution in [2.24, 2.45) is 0 Å². The third-order valence-electron chi connectivity index (χ3n) is 4.12. The molecule has 0 fully saturated rings. The van der Waals surface area contributed by atoms with Gasteiger partial charge in [-0.1, -0.05) is 24.3 Å². The average Bonchev–Trinajstić information content (AvgIpc) is 2.62. The summed E-state index contributed by atoms with van der Waals surface area (Å²) in [6.45, 7) is 21.8. The Morgan fingerprint density at radius 1 is 0.459 bits per heavy atom. The summed E-state index contributed by atoms with van der Waals surface area (Å²) < 4.78 is 59.1. The molecular weight excluding hydrogens is 510 g/mol. The summed E-state index contributed by atoms with van der Waals surface area (Å²) in [4.78, 5) is 0. The normalized spacial score (nSPS) is 14.1. The molecule has 0 bridgehead atoms. The maximum atomic E-state index is 14.3. The van der Waals surface area contributed by atoms with Gasteiger partial charge in [-0.3, -0.25) is 27.2 Å². The molecule has 0 aliphatic rings. The SMILES string of the molecule is CC(C)(C)OP(=O)(OC(C)(C)C)c1ccccc1Oc1ccccc1P(=O)(OC(C)(C)C)OC(C)(C)C. The Morgan fingerprint density at radius 2 is 0.703 bits per heavy atom. The summed E-state index contributed by atoms with van der Waals surface area (Å²) in [5, 5.41) is 0.524. The molecule has 0 N–H and O–H groups in total. The Kier molecular flexibility index (Phi) is 9.41. The van der Waals surface area contributed by atoms with E-state index in [-0.39, 0.29) is 22.1 Å². The van der Waals surface area contributed by atoms with Crippen LogP contribution in [0.5, 0.6) is 11.5 Å². The number of para-hydroxylation sites is 2. The summed E-state index contributed by atoms with van der Waals surface area (Å²) in [7, 11) is -7.74. The summed E-state index contributed by atoms with van der Waals surface area (Å²) >= 11 is 0. The van der Waals surface area contributed by atoms with E-state index in [0.717, 1.165) is 0 Å². The molecule has 0 spiro atoms. The first-order valence-electron chi connectivity index (χ1n) is 12.4. The van der Waals surface area contributed by atoms with Crippen molar-refractivity contribution in [1.29, 1.82) is 0 Å². The predicted molar refractivity (Wildman–Crippen MR) is 151 cm³/mol. The molecule has 37 heavy (non-hydrogen) atoms. The van der Waals surface area contributed by atoms with E-state index in [0.29, 0.717) is 0 Å². The lowest BCUT2D eigenvalue weighted by molar-refractivity contribution is 0.0534. The van der Waals surface area contributed by atoms with E-state index < -0.39 is 37.6 Å². The molecular formula is C28H44O7P2. The summed E-state index contributed by atoms with van der Waals surface area (Å²) in [6.07, 6.45) is 0. The minimum atomic E-state index is -3.87. The zero-order chi connectivity index (χ0) is 28.5. The van der Waals surface area contributed by atoms with Gasteiger partial charge >= 0.3 is 15.2 Å². The van der Waals surface area contributed by atoms with Crippen molar-refractivity contribution in [1.82, 2.24) is 0 Å². The maximum Gasteiger partial charge on any atom is 0.366 e. The topological polar surface area (TPSA) is 80.3 Å². The van der Waals surface area contributed by atoms with Gasteiger partial charge in [-0.15, -0.1) is 0 Å². The number of ether oxygens (including phenoxy) is 1. The summed E-state index contributed by atoms with van der Waals surface area (Å²) in [5.74, 6) is 0.509. The Morgan fingerprint density at radius 3 is 0.946 bits per heavy atom. The van der Waals surface area contributed by atoms with Crippen LogP contribution < -0.4 is 15.3 Å². The Bertz CT molecular complexity index is 1030. The minimum absolute atomic E-state index is 0.254. The zero-order valence-electron chi connectivity index (χ0n) is 24.4. The van der Waals surface area contributed by atoms with Gasteiger partial charge in [-0.25, -0.2) is 0 Å². The molecule has 9 heteroatoms. The van der Waals surface area contributed by atoms with Crippen molar-refractivity contribution in [2.45, 2.75) is 105 Å². The summed E-state index contributed by atoms with van der Waals surface area (Å²) in [5.41, 5.74) is -3.05. The fourth-order valence-electron chi connectivity index (χ4n) is 3.33. The first-order valence-corrected chi connectivity index (χ1v) is 15.5. The third-order valence-corrected chi connectivity index (χ3v) is 9.19. The molecule has 0 heterocycles. The molecule has 0 amide bonds. The van der Waals surface area contributed by atoms with Crippen LogP contribution in [-0.2, 0) is 27.2 Å². The highest BCUT2D eigenvalue weighted by atomic mass is 31.2. The fourth-order valence-corrected chi connectivity index (χ4v) is 8.00. The van der Waals surface area contributed by atoms with E-state index in [1.165, 1.54) is 0 Å². The molecule has 0 atom stereocenters. The number of hydrogen-bond acceptors (Lipinski definition) is 7. The number of hydrogen-bond donors (Lipinski definition) is 0. The van der Waals surface area contributed by atoms with E-state index in [2.05, 4.69) is 0 Å². The zero-order valence-corrected chi connectivity index (χ0v) is 26.2. The van der Waals surface area contributed by atoms with Gasteiger partial charge in [0.15, 0.2) is 0 Å². The smallest absolute Gasteiger partial charge is 0.366 e. The Labute approximate surface area is 223 Å². The van der Waals surface area contributed by atoms with Gasteiger partial charge in [0.25, 0.3) is 0 Å². The lowest BCUT2D eigenvalue weighted by atomic mass is 10.2. The van der Waals surface area contributed by atoms with Gasteiger partial charge in [-0.2, -0.15) is 0 Å². The third kappa shape index (κ3) is 9.98. The predicted octanol–water partition coefficient (Wildman–Crippen LogP) is 8.38. The Balaban J connectivity index is 2.69. The molecule has 208 valence electrons. The molecule has 2 aromatic rings. The summed E-state index contributed by atoms with van der Waals surface area (Å²) in [6, 6.07) is 13.7. The van der Waals surface area contributed by atoms with Crippen LogP contribution in [0.15, 0.2) is 48.5 Å². The van der Waals surface area contributed by atoms with Gasteiger partial charge in [-0.05, 0) is 107 Å². The maximum absolute atomic E-state index is 14.3. The minimum Gasteiger partial charge on any atom is -0.455 e. The van der Waals surface area contributed by atoms with Gasteiger partial charge in [0.05, 0.1) is 22.4 Å². The first kappa shape index (κ1) is 31.8. The molecule has 0 unspecified atom stereocenters. The van der Waals surface area contributed by atoms with E-state index in [1.807, 2.05) is 83.1 Å². The molecule has 0 aliphatic carbocycles. The van der Waals surface area contributed by atoms with Crippen LogP contribution in [0.4, 0.5) is 0 Å². The van der Waals surface area contributed by atoms with Crippen LogP contribution >= 0.6 is 15.2 Å². The molecule has 0 saturated carbocycles. The molecule has 7 nitrogen and oxygen atoms in total. The molecule has 0 radical (unpaired) electrons. The van der Waals surface area contributed by atoms with E-state index in [4.69, 9.17) is 22.8 Å². The second-order valence-electron chi connectivity index (χ2n) is 12.8. The monoisotopic (exact) mass is 554 g/mol. The molecule has 2 rings (SSSR count). The van der Waals surface area contributed by atoms with Crippen molar-refractivity contribution in [3.63, 3.8) is 0 Å². The van der Waals surface area contributed by atoms with Crippen LogP contribution in [0, 0.1) is 0 Å². The van der Waals surface area contributed by atoms with Gasteiger partial charge in [0.2, 0.25) is 0 Å². The van der Waals surface area contributed by atoms with Crippen LogP contribution in [0.25, 0.3) is 0 Å². The molecule has 0 saturated heterocycles. The average molecular weight is 555 g/mol. The first-order chi connectivity index (χ1) is 16.5. The van der Waals surface area contributed by atoms with Crippen LogP contribution in [0.3, 0.4) is 0 Å². The fraction of sp³-hybridized carbons (Fsp3) is 0.571. The standard InChI is InChI=1S/C28H44O7P2/c1-25(2,3)32-36(29,33-26(4,5)6)23-19-15-13-17-21(23)31-22-18-14-16-20-24(22)37(30,34-27(7,8)9)35-28(10,11)12/h13-20H,1-12H3. The van der Waals surface area contributed by atoms with Gasteiger partial charge in [0, 0.05) is 0 Å². The molecule has 0 aliphatic heterocycles. The van der Waals surface area contributed by atoms with E-state index >= 15 is 0 Å².